The van der Waals surface area contributed by atoms with Crippen molar-refractivity contribution in [3.05, 3.63) is 11.1 Å². The van der Waals surface area contributed by atoms with Crippen LogP contribution in [0.3, 0.4) is 0 Å². The Morgan fingerprint density at radius 1 is 1.23 bits per heavy atom. The molecule has 0 aliphatic rings. The van der Waals surface area contributed by atoms with Crippen molar-refractivity contribution in [1.82, 2.24) is 0 Å². The second-order valence-corrected chi connectivity index (χ2v) is 3.72. The molecule has 0 fully saturated rings. The summed E-state index contributed by atoms with van der Waals surface area (Å²) in [7, 11) is 0. The molecule has 0 aliphatic heterocycles. The summed E-state index contributed by atoms with van der Waals surface area (Å²) >= 11 is 5.67. The Balaban J connectivity index is 3.34. The van der Waals surface area contributed by atoms with E-state index in [1.54, 1.807) is 0 Å². The number of unbranched alkanes of at least 4 members (excludes halogenated alkanes) is 5. The zero-order valence-electron chi connectivity index (χ0n) is 8.61. The fraction of sp³-hybridized carbons (Fsp3) is 0.727. The molecule has 0 bridgehead atoms. The van der Waals surface area contributed by atoms with Gasteiger partial charge in [0.2, 0.25) is 0 Å². The number of carbonyl (C=O) groups is 1. The van der Waals surface area contributed by atoms with Gasteiger partial charge in [-0.2, -0.15) is 0 Å². The minimum absolute atomic E-state index is 0.0322. The van der Waals surface area contributed by atoms with Crippen LogP contribution in [0.25, 0.3) is 0 Å². The van der Waals surface area contributed by atoms with Gasteiger partial charge in [-0.25, -0.2) is 0 Å². The molecule has 0 heterocycles. The van der Waals surface area contributed by atoms with Gasteiger partial charge in [-0.15, -0.1) is 0 Å². The van der Waals surface area contributed by atoms with Gasteiger partial charge in [0.05, 0.1) is 5.03 Å². The zero-order chi connectivity index (χ0) is 10.1. The predicted molar refractivity (Wildman–Crippen MR) is 58.0 cm³/mol. The first kappa shape index (κ1) is 12.7. The zero-order valence-corrected chi connectivity index (χ0v) is 9.36. The molecule has 0 aliphatic carbocycles. The molecule has 0 aromatic heterocycles. The maximum atomic E-state index is 10.7. The van der Waals surface area contributed by atoms with Crippen molar-refractivity contribution in [2.75, 3.05) is 0 Å². The van der Waals surface area contributed by atoms with Crippen molar-refractivity contribution in [2.24, 2.45) is 0 Å². The molecule has 13 heavy (non-hydrogen) atoms. The Morgan fingerprint density at radius 3 is 2.38 bits per heavy atom. The standard InChI is InChI=1S/C11H19ClO/c1-3-4-5-6-7-8-9-11(12)10(2)13/h9H,3-8H2,1-2H3/b11-9-. The van der Waals surface area contributed by atoms with Gasteiger partial charge in [-0.05, 0) is 12.8 Å². The SMILES string of the molecule is CCCCCCC/C=C(\Cl)C(C)=O. The van der Waals surface area contributed by atoms with Crippen LogP contribution in [0.15, 0.2) is 11.1 Å². The molecule has 0 unspecified atom stereocenters. The van der Waals surface area contributed by atoms with Crippen molar-refractivity contribution in [3.8, 4) is 0 Å². The van der Waals surface area contributed by atoms with Gasteiger partial charge in [0, 0.05) is 6.92 Å². The highest BCUT2D eigenvalue weighted by Gasteiger charge is 1.96. The number of Topliss-reactive ketones (excluding diaryl/α,β-unsaturated/α-hetero) is 1. The molecule has 0 atom stereocenters. The third kappa shape index (κ3) is 8.04. The van der Waals surface area contributed by atoms with Crippen molar-refractivity contribution in [2.45, 2.75) is 52.4 Å². The van der Waals surface area contributed by atoms with Crippen LogP contribution in [0, 0.1) is 0 Å². The van der Waals surface area contributed by atoms with Gasteiger partial charge in [0.15, 0.2) is 5.78 Å². The second kappa shape index (κ2) is 8.31. The fourth-order valence-corrected chi connectivity index (χ4v) is 1.23. The topological polar surface area (TPSA) is 17.1 Å². The first-order valence-electron chi connectivity index (χ1n) is 5.05. The number of allylic oxidation sites excluding steroid dienone is 2. The van der Waals surface area contributed by atoms with Crippen LogP contribution in [0.4, 0.5) is 0 Å². The Morgan fingerprint density at radius 2 is 1.85 bits per heavy atom. The minimum atomic E-state index is -0.0322. The highest BCUT2D eigenvalue weighted by Crippen LogP contribution is 2.09. The molecule has 0 saturated carbocycles. The maximum Gasteiger partial charge on any atom is 0.170 e. The number of hydrogen-bond donors (Lipinski definition) is 0. The van der Waals surface area contributed by atoms with Gasteiger partial charge < -0.3 is 0 Å². The molecule has 0 spiro atoms. The summed E-state index contributed by atoms with van der Waals surface area (Å²) in [5.41, 5.74) is 0. The maximum absolute atomic E-state index is 10.7. The molecule has 0 saturated heterocycles. The summed E-state index contributed by atoms with van der Waals surface area (Å²) in [6, 6.07) is 0. The molecule has 1 nitrogen and oxygen atoms in total. The van der Waals surface area contributed by atoms with Crippen LogP contribution in [0.1, 0.15) is 52.4 Å². The molecule has 0 aromatic carbocycles. The van der Waals surface area contributed by atoms with Gasteiger partial charge in [0.25, 0.3) is 0 Å². The lowest BCUT2D eigenvalue weighted by Crippen LogP contribution is -1.88. The third-order valence-electron chi connectivity index (χ3n) is 1.97. The Bertz CT molecular complexity index is 173. The molecule has 2 heteroatoms. The number of halogens is 1. The lowest BCUT2D eigenvalue weighted by atomic mass is 10.1. The lowest BCUT2D eigenvalue weighted by Gasteiger charge is -1.96. The van der Waals surface area contributed by atoms with E-state index in [-0.39, 0.29) is 5.78 Å². The number of hydrogen-bond acceptors (Lipinski definition) is 1. The molecule has 76 valence electrons. The summed E-state index contributed by atoms with van der Waals surface area (Å²) in [6.07, 6.45) is 9.02. The Labute approximate surface area is 86.2 Å². The van der Waals surface area contributed by atoms with E-state index in [1.807, 2.05) is 6.08 Å². The van der Waals surface area contributed by atoms with Crippen LogP contribution >= 0.6 is 11.6 Å². The summed E-state index contributed by atoms with van der Waals surface area (Å²) in [5, 5.41) is 0.385. The summed E-state index contributed by atoms with van der Waals surface area (Å²) in [4.78, 5) is 10.7. The van der Waals surface area contributed by atoms with Crippen LogP contribution in [-0.4, -0.2) is 5.78 Å². The molecular weight excluding hydrogens is 184 g/mol. The van der Waals surface area contributed by atoms with Crippen molar-refractivity contribution in [1.29, 1.82) is 0 Å². The fourth-order valence-electron chi connectivity index (χ4n) is 1.12. The van der Waals surface area contributed by atoms with Crippen LogP contribution in [0.5, 0.6) is 0 Å². The molecule has 0 N–H and O–H groups in total. The molecule has 0 aromatic rings. The average Bonchev–Trinajstić information content (AvgIpc) is 2.10. The van der Waals surface area contributed by atoms with Crippen LogP contribution < -0.4 is 0 Å². The van der Waals surface area contributed by atoms with Gasteiger partial charge in [-0.1, -0.05) is 50.3 Å². The van der Waals surface area contributed by atoms with Crippen LogP contribution in [0.2, 0.25) is 0 Å². The lowest BCUT2D eigenvalue weighted by molar-refractivity contribution is -0.113. The van der Waals surface area contributed by atoms with Gasteiger partial charge >= 0.3 is 0 Å². The minimum Gasteiger partial charge on any atom is -0.294 e. The first-order valence-corrected chi connectivity index (χ1v) is 5.43. The molecule has 0 amide bonds. The average molecular weight is 203 g/mol. The van der Waals surface area contributed by atoms with Crippen molar-refractivity contribution < 1.29 is 4.79 Å². The number of carbonyl (C=O) groups excluding carboxylic acids is 1. The smallest absolute Gasteiger partial charge is 0.170 e. The van der Waals surface area contributed by atoms with E-state index in [0.29, 0.717) is 5.03 Å². The van der Waals surface area contributed by atoms with E-state index in [0.717, 1.165) is 12.8 Å². The highest BCUT2D eigenvalue weighted by atomic mass is 35.5. The van der Waals surface area contributed by atoms with Crippen molar-refractivity contribution in [3.63, 3.8) is 0 Å². The van der Waals surface area contributed by atoms with E-state index >= 15 is 0 Å². The molecule has 0 rings (SSSR count). The molecule has 0 radical (unpaired) electrons. The first-order chi connectivity index (χ1) is 6.18. The van der Waals surface area contributed by atoms with E-state index in [9.17, 15) is 4.79 Å². The van der Waals surface area contributed by atoms with Crippen molar-refractivity contribution >= 4 is 17.4 Å². The Hall–Kier alpha value is -0.300. The second-order valence-electron chi connectivity index (χ2n) is 3.31. The van der Waals surface area contributed by atoms with E-state index in [1.165, 1.54) is 32.6 Å². The summed E-state index contributed by atoms with van der Waals surface area (Å²) in [5.74, 6) is -0.0322. The van der Waals surface area contributed by atoms with Gasteiger partial charge in [0.1, 0.15) is 0 Å². The summed E-state index contributed by atoms with van der Waals surface area (Å²) in [6.45, 7) is 3.70. The summed E-state index contributed by atoms with van der Waals surface area (Å²) < 4.78 is 0. The van der Waals surface area contributed by atoms with E-state index in [2.05, 4.69) is 6.92 Å². The van der Waals surface area contributed by atoms with E-state index in [4.69, 9.17) is 11.6 Å². The normalized spacial score (nSPS) is 11.8. The van der Waals surface area contributed by atoms with E-state index < -0.39 is 0 Å². The molecular formula is C11H19ClO. The highest BCUT2D eigenvalue weighted by molar-refractivity contribution is 6.42. The van der Waals surface area contributed by atoms with Crippen LogP contribution in [-0.2, 0) is 4.79 Å². The quantitative estimate of drug-likeness (QED) is 0.450. The van der Waals surface area contributed by atoms with Gasteiger partial charge in [-0.3, -0.25) is 4.79 Å². The Kier molecular flexibility index (Phi) is 8.11. The monoisotopic (exact) mass is 202 g/mol. The largest absolute Gasteiger partial charge is 0.294 e. The number of ketones is 1. The number of rotatable bonds is 7. The predicted octanol–water partition coefficient (Wildman–Crippen LogP) is 4.06. The third-order valence-corrected chi connectivity index (χ3v) is 2.39.